The van der Waals surface area contributed by atoms with Crippen LogP contribution in [0.3, 0.4) is 0 Å². The Morgan fingerprint density at radius 1 is 1.15 bits per heavy atom. The third kappa shape index (κ3) is 5.34. The van der Waals surface area contributed by atoms with Crippen LogP contribution in [0.4, 0.5) is 5.95 Å². The van der Waals surface area contributed by atoms with E-state index >= 15 is 0 Å². The summed E-state index contributed by atoms with van der Waals surface area (Å²) < 4.78 is 8.71. The summed E-state index contributed by atoms with van der Waals surface area (Å²) in [5.74, 6) is 1.40. The summed E-state index contributed by atoms with van der Waals surface area (Å²) in [6, 6.07) is 11.3. The SMILES string of the molecule is CCCn1nnnc1NCc1cc(Br)ccc1OCc1ccc(Cl)c(Cl)c1. The van der Waals surface area contributed by atoms with E-state index in [1.807, 2.05) is 24.3 Å². The number of tetrazole rings is 1. The maximum atomic E-state index is 6.07. The monoisotopic (exact) mass is 469 g/mol. The molecule has 6 nitrogen and oxygen atoms in total. The van der Waals surface area contributed by atoms with Crippen LogP contribution in [0, 0.1) is 0 Å². The minimum Gasteiger partial charge on any atom is -0.489 e. The summed E-state index contributed by atoms with van der Waals surface area (Å²) in [6.07, 6.45) is 0.953. The summed E-state index contributed by atoms with van der Waals surface area (Å²) >= 11 is 15.5. The highest BCUT2D eigenvalue weighted by Crippen LogP contribution is 2.27. The highest BCUT2D eigenvalue weighted by molar-refractivity contribution is 9.10. The molecular formula is C18H18BrCl2N5O. The van der Waals surface area contributed by atoms with E-state index in [1.54, 1.807) is 16.8 Å². The zero-order valence-corrected chi connectivity index (χ0v) is 17.7. The van der Waals surface area contributed by atoms with Gasteiger partial charge in [-0.15, -0.1) is 0 Å². The predicted octanol–water partition coefficient (Wildman–Crippen LogP) is 5.34. The van der Waals surface area contributed by atoms with E-state index in [4.69, 9.17) is 27.9 Å². The van der Waals surface area contributed by atoms with Crippen molar-refractivity contribution in [2.75, 3.05) is 5.32 Å². The second-order valence-electron chi connectivity index (χ2n) is 5.87. The Bertz CT molecular complexity index is 919. The maximum Gasteiger partial charge on any atom is 0.243 e. The molecule has 3 rings (SSSR count). The standard InChI is InChI=1S/C18H18BrCl2N5O/c1-2-7-26-18(23-24-25-26)22-10-13-9-14(19)4-6-17(13)27-11-12-3-5-15(20)16(21)8-12/h3-6,8-9H,2,7,10-11H2,1H3,(H,22,23,25). The van der Waals surface area contributed by atoms with E-state index in [-0.39, 0.29) is 0 Å². The number of rotatable bonds is 8. The molecule has 0 amide bonds. The fourth-order valence-corrected chi connectivity index (χ4v) is 3.21. The molecule has 0 bridgehead atoms. The molecule has 1 heterocycles. The van der Waals surface area contributed by atoms with Crippen molar-refractivity contribution >= 4 is 45.1 Å². The molecule has 1 N–H and O–H groups in total. The Morgan fingerprint density at radius 2 is 2.00 bits per heavy atom. The van der Waals surface area contributed by atoms with Crippen molar-refractivity contribution in [1.29, 1.82) is 0 Å². The molecule has 0 aliphatic carbocycles. The number of aryl methyl sites for hydroxylation is 1. The lowest BCUT2D eigenvalue weighted by Crippen LogP contribution is -2.10. The normalized spacial score (nSPS) is 10.8. The molecule has 0 radical (unpaired) electrons. The number of benzene rings is 2. The van der Waals surface area contributed by atoms with Crippen molar-refractivity contribution in [3.05, 3.63) is 62.0 Å². The summed E-state index contributed by atoms with van der Waals surface area (Å²) in [6.45, 7) is 3.75. The molecule has 0 aliphatic heterocycles. The van der Waals surface area contributed by atoms with E-state index in [0.717, 1.165) is 34.3 Å². The van der Waals surface area contributed by atoms with E-state index in [1.165, 1.54) is 0 Å². The summed E-state index contributed by atoms with van der Waals surface area (Å²) in [4.78, 5) is 0. The molecule has 0 atom stereocenters. The molecule has 0 fully saturated rings. The lowest BCUT2D eigenvalue weighted by Gasteiger charge is -2.13. The molecule has 142 valence electrons. The second kappa shape index (κ2) is 9.39. The molecular weight excluding hydrogens is 453 g/mol. The molecule has 0 saturated heterocycles. The van der Waals surface area contributed by atoms with E-state index in [0.29, 0.717) is 29.1 Å². The third-order valence-corrected chi connectivity index (χ3v) is 5.04. The van der Waals surface area contributed by atoms with Gasteiger partial charge < -0.3 is 10.1 Å². The molecule has 9 heteroatoms. The summed E-state index contributed by atoms with van der Waals surface area (Å²) in [5, 5.41) is 16.0. The van der Waals surface area contributed by atoms with Crippen molar-refractivity contribution in [3.63, 3.8) is 0 Å². The lowest BCUT2D eigenvalue weighted by atomic mass is 10.2. The van der Waals surface area contributed by atoms with Gasteiger partial charge in [-0.1, -0.05) is 57.2 Å². The van der Waals surface area contributed by atoms with Gasteiger partial charge in [0.05, 0.1) is 10.0 Å². The summed E-state index contributed by atoms with van der Waals surface area (Å²) in [7, 11) is 0. The zero-order chi connectivity index (χ0) is 19.2. The van der Waals surface area contributed by atoms with Crippen LogP contribution < -0.4 is 10.1 Å². The van der Waals surface area contributed by atoms with Gasteiger partial charge in [0.1, 0.15) is 12.4 Å². The van der Waals surface area contributed by atoms with Crippen LogP contribution in [0.2, 0.25) is 10.0 Å². The van der Waals surface area contributed by atoms with Crippen LogP contribution in [0.25, 0.3) is 0 Å². The lowest BCUT2D eigenvalue weighted by molar-refractivity contribution is 0.303. The number of ether oxygens (including phenoxy) is 1. The Labute approximate surface area is 175 Å². The van der Waals surface area contributed by atoms with E-state index in [9.17, 15) is 0 Å². The minimum atomic E-state index is 0.388. The molecule has 0 saturated carbocycles. The number of hydrogen-bond donors (Lipinski definition) is 1. The Morgan fingerprint density at radius 3 is 2.78 bits per heavy atom. The van der Waals surface area contributed by atoms with Crippen molar-refractivity contribution in [3.8, 4) is 5.75 Å². The quantitative estimate of drug-likeness (QED) is 0.481. The van der Waals surface area contributed by atoms with Gasteiger partial charge in [0.2, 0.25) is 5.95 Å². The van der Waals surface area contributed by atoms with Gasteiger partial charge in [-0.05, 0) is 52.7 Å². The summed E-state index contributed by atoms with van der Waals surface area (Å²) in [5.41, 5.74) is 1.92. The fourth-order valence-electron chi connectivity index (χ4n) is 2.49. The van der Waals surface area contributed by atoms with E-state index in [2.05, 4.69) is 43.7 Å². The maximum absolute atomic E-state index is 6.07. The largest absolute Gasteiger partial charge is 0.489 e. The number of nitrogens with one attached hydrogen (secondary N) is 1. The van der Waals surface area contributed by atoms with Crippen molar-refractivity contribution < 1.29 is 4.74 Å². The van der Waals surface area contributed by atoms with Crippen LogP contribution in [0.1, 0.15) is 24.5 Å². The molecule has 3 aromatic rings. The number of halogens is 3. The van der Waals surface area contributed by atoms with Gasteiger partial charge >= 0.3 is 0 Å². The first kappa shape index (κ1) is 19.9. The Hall–Kier alpha value is -1.83. The Kier molecular flexibility index (Phi) is 6.93. The number of hydrogen-bond acceptors (Lipinski definition) is 5. The van der Waals surface area contributed by atoms with Gasteiger partial charge in [0.15, 0.2) is 0 Å². The predicted molar refractivity (Wildman–Crippen MR) is 110 cm³/mol. The third-order valence-electron chi connectivity index (χ3n) is 3.81. The zero-order valence-electron chi connectivity index (χ0n) is 14.6. The second-order valence-corrected chi connectivity index (χ2v) is 7.60. The van der Waals surface area contributed by atoms with Gasteiger partial charge in [-0.3, -0.25) is 0 Å². The first-order chi connectivity index (χ1) is 13.1. The van der Waals surface area contributed by atoms with Crippen LogP contribution in [-0.2, 0) is 19.7 Å². The van der Waals surface area contributed by atoms with Crippen LogP contribution >= 0.6 is 39.1 Å². The highest BCUT2D eigenvalue weighted by Gasteiger charge is 2.09. The van der Waals surface area contributed by atoms with Crippen LogP contribution in [0.5, 0.6) is 5.75 Å². The minimum absolute atomic E-state index is 0.388. The van der Waals surface area contributed by atoms with Crippen molar-refractivity contribution in [1.82, 2.24) is 20.2 Å². The first-order valence-corrected chi connectivity index (χ1v) is 9.97. The van der Waals surface area contributed by atoms with Gasteiger partial charge in [0.25, 0.3) is 0 Å². The molecule has 27 heavy (non-hydrogen) atoms. The van der Waals surface area contributed by atoms with Gasteiger partial charge in [-0.2, -0.15) is 0 Å². The van der Waals surface area contributed by atoms with Crippen molar-refractivity contribution in [2.45, 2.75) is 33.0 Å². The number of aromatic nitrogens is 4. The molecule has 0 aliphatic rings. The molecule has 1 aromatic heterocycles. The Balaban J connectivity index is 1.70. The van der Waals surface area contributed by atoms with Crippen LogP contribution in [-0.4, -0.2) is 20.2 Å². The van der Waals surface area contributed by atoms with Crippen LogP contribution in [0.15, 0.2) is 40.9 Å². The van der Waals surface area contributed by atoms with Crippen molar-refractivity contribution in [2.24, 2.45) is 0 Å². The molecule has 0 unspecified atom stereocenters. The van der Waals surface area contributed by atoms with Gasteiger partial charge in [0, 0.05) is 23.1 Å². The van der Waals surface area contributed by atoms with E-state index < -0.39 is 0 Å². The van der Waals surface area contributed by atoms with Gasteiger partial charge in [-0.25, -0.2) is 4.68 Å². The molecule has 0 spiro atoms. The average Bonchev–Trinajstić information content (AvgIpc) is 3.09. The highest BCUT2D eigenvalue weighted by atomic mass is 79.9. The fraction of sp³-hybridized carbons (Fsp3) is 0.278. The first-order valence-electron chi connectivity index (χ1n) is 8.42. The topological polar surface area (TPSA) is 64.9 Å². The number of anilines is 1. The number of nitrogens with zero attached hydrogens (tertiary/aromatic N) is 4. The molecule has 2 aromatic carbocycles. The average molecular weight is 471 g/mol. The smallest absolute Gasteiger partial charge is 0.243 e.